The minimum atomic E-state index is 0.804. The summed E-state index contributed by atoms with van der Waals surface area (Å²) < 4.78 is 0. The Balaban J connectivity index is 2.48. The Kier molecular flexibility index (Phi) is 1.88. The van der Waals surface area contributed by atoms with Gasteiger partial charge in [-0.1, -0.05) is 24.6 Å². The Hall–Kier alpha value is -0.490. The number of aryl methyl sites for hydroxylation is 1. The van der Waals surface area contributed by atoms with Crippen molar-refractivity contribution in [2.75, 3.05) is 0 Å². The van der Waals surface area contributed by atoms with Crippen LogP contribution in [0.3, 0.4) is 0 Å². The topological polar surface area (TPSA) is 0 Å². The molecular formula is C11H13Cl. The van der Waals surface area contributed by atoms with Crippen molar-refractivity contribution < 1.29 is 0 Å². The highest BCUT2D eigenvalue weighted by Gasteiger charge is 2.18. The van der Waals surface area contributed by atoms with Crippen LogP contribution in [-0.4, -0.2) is 0 Å². The van der Waals surface area contributed by atoms with Crippen LogP contribution in [0.5, 0.6) is 0 Å². The summed E-state index contributed by atoms with van der Waals surface area (Å²) in [6.07, 6.45) is 2.43. The molecule has 0 spiro atoms. The third-order valence-corrected chi connectivity index (χ3v) is 3.02. The zero-order chi connectivity index (χ0) is 8.72. The molecule has 1 aromatic carbocycles. The normalized spacial score (nSPS) is 21.1. The molecule has 0 bridgehead atoms. The van der Waals surface area contributed by atoms with Crippen molar-refractivity contribution in [3.05, 3.63) is 33.8 Å². The highest BCUT2D eigenvalue weighted by molar-refractivity contribution is 6.31. The van der Waals surface area contributed by atoms with Crippen molar-refractivity contribution in [2.24, 2.45) is 5.92 Å². The zero-order valence-corrected chi connectivity index (χ0v) is 8.28. The molecule has 0 heterocycles. The summed E-state index contributed by atoms with van der Waals surface area (Å²) in [5.74, 6) is 0.804. The molecule has 1 aliphatic carbocycles. The first-order valence-corrected chi connectivity index (χ1v) is 4.82. The summed E-state index contributed by atoms with van der Waals surface area (Å²) in [7, 11) is 0. The first-order valence-electron chi connectivity index (χ1n) is 4.44. The lowest BCUT2D eigenvalue weighted by Crippen LogP contribution is -1.89. The van der Waals surface area contributed by atoms with Gasteiger partial charge < -0.3 is 0 Å². The van der Waals surface area contributed by atoms with Gasteiger partial charge in [0.25, 0.3) is 0 Å². The van der Waals surface area contributed by atoms with Gasteiger partial charge in [0.15, 0.2) is 0 Å². The number of fused-ring (bicyclic) bond motifs is 1. The van der Waals surface area contributed by atoms with Crippen LogP contribution < -0.4 is 0 Å². The van der Waals surface area contributed by atoms with Crippen LogP contribution in [0.15, 0.2) is 12.1 Å². The van der Waals surface area contributed by atoms with Gasteiger partial charge in [-0.05, 0) is 48.4 Å². The van der Waals surface area contributed by atoms with E-state index in [0.717, 1.165) is 10.9 Å². The SMILES string of the molecule is Cc1cc2c(cc1Cl)CC(C)C2. The molecule has 0 N–H and O–H groups in total. The lowest BCUT2D eigenvalue weighted by molar-refractivity contribution is 0.628. The van der Waals surface area contributed by atoms with Crippen LogP contribution in [0.1, 0.15) is 23.6 Å². The Morgan fingerprint density at radius 2 is 1.83 bits per heavy atom. The average Bonchev–Trinajstić information content (AvgIpc) is 2.30. The molecule has 1 heteroatoms. The van der Waals surface area contributed by atoms with Crippen molar-refractivity contribution in [1.29, 1.82) is 0 Å². The Morgan fingerprint density at radius 3 is 2.50 bits per heavy atom. The zero-order valence-electron chi connectivity index (χ0n) is 7.52. The molecule has 1 aliphatic rings. The second-order valence-electron chi connectivity index (χ2n) is 3.88. The molecule has 1 unspecified atom stereocenters. The molecule has 1 atom stereocenters. The molecule has 64 valence electrons. The minimum absolute atomic E-state index is 0.804. The highest BCUT2D eigenvalue weighted by atomic mass is 35.5. The van der Waals surface area contributed by atoms with Crippen molar-refractivity contribution in [1.82, 2.24) is 0 Å². The molecule has 0 aliphatic heterocycles. The van der Waals surface area contributed by atoms with E-state index in [2.05, 4.69) is 26.0 Å². The van der Waals surface area contributed by atoms with Gasteiger partial charge in [0, 0.05) is 5.02 Å². The molecule has 0 fully saturated rings. The summed E-state index contributed by atoms with van der Waals surface area (Å²) in [5.41, 5.74) is 4.17. The van der Waals surface area contributed by atoms with Gasteiger partial charge in [-0.3, -0.25) is 0 Å². The maximum absolute atomic E-state index is 6.04. The molecule has 12 heavy (non-hydrogen) atoms. The largest absolute Gasteiger partial charge is 0.0840 e. The molecule has 2 rings (SSSR count). The van der Waals surface area contributed by atoms with Crippen molar-refractivity contribution >= 4 is 11.6 Å². The first-order chi connectivity index (χ1) is 5.66. The number of rotatable bonds is 0. The van der Waals surface area contributed by atoms with E-state index >= 15 is 0 Å². The fourth-order valence-corrected chi connectivity index (χ4v) is 2.17. The van der Waals surface area contributed by atoms with Gasteiger partial charge in [0.05, 0.1) is 0 Å². The Bertz CT molecular complexity index is 284. The van der Waals surface area contributed by atoms with E-state index in [9.17, 15) is 0 Å². The Morgan fingerprint density at radius 1 is 1.25 bits per heavy atom. The quantitative estimate of drug-likeness (QED) is 0.574. The van der Waals surface area contributed by atoms with Gasteiger partial charge in [-0.2, -0.15) is 0 Å². The number of hydrogen-bond acceptors (Lipinski definition) is 0. The van der Waals surface area contributed by atoms with Crippen LogP contribution in [0, 0.1) is 12.8 Å². The second-order valence-corrected chi connectivity index (χ2v) is 4.29. The van der Waals surface area contributed by atoms with E-state index in [-0.39, 0.29) is 0 Å². The van der Waals surface area contributed by atoms with Crippen LogP contribution in [0.4, 0.5) is 0 Å². The van der Waals surface area contributed by atoms with Crippen molar-refractivity contribution in [2.45, 2.75) is 26.7 Å². The predicted molar refractivity (Wildman–Crippen MR) is 52.8 cm³/mol. The third kappa shape index (κ3) is 1.25. The smallest absolute Gasteiger partial charge is 0.0438 e. The van der Waals surface area contributed by atoms with Crippen LogP contribution in [0.25, 0.3) is 0 Å². The van der Waals surface area contributed by atoms with Crippen LogP contribution in [-0.2, 0) is 12.8 Å². The lowest BCUT2D eigenvalue weighted by Gasteiger charge is -2.02. The summed E-state index contributed by atoms with van der Waals surface area (Å²) in [6.45, 7) is 4.37. The third-order valence-electron chi connectivity index (χ3n) is 2.62. The van der Waals surface area contributed by atoms with E-state index in [1.54, 1.807) is 0 Å². The van der Waals surface area contributed by atoms with Crippen molar-refractivity contribution in [3.63, 3.8) is 0 Å². The Labute approximate surface area is 78.6 Å². The highest BCUT2D eigenvalue weighted by Crippen LogP contribution is 2.30. The molecule has 1 aromatic rings. The van der Waals surface area contributed by atoms with Gasteiger partial charge in [0.1, 0.15) is 0 Å². The van der Waals surface area contributed by atoms with Gasteiger partial charge in [-0.25, -0.2) is 0 Å². The van der Waals surface area contributed by atoms with E-state index in [1.807, 2.05) is 0 Å². The second kappa shape index (κ2) is 2.77. The van der Waals surface area contributed by atoms with Gasteiger partial charge in [0.2, 0.25) is 0 Å². The molecule has 0 radical (unpaired) electrons. The molecule has 0 aromatic heterocycles. The summed E-state index contributed by atoms with van der Waals surface area (Å²) >= 11 is 6.04. The van der Waals surface area contributed by atoms with E-state index in [0.29, 0.717) is 0 Å². The molecular weight excluding hydrogens is 168 g/mol. The van der Waals surface area contributed by atoms with Crippen LogP contribution in [0.2, 0.25) is 5.02 Å². The maximum Gasteiger partial charge on any atom is 0.0438 e. The summed E-state index contributed by atoms with van der Waals surface area (Å²) in [6, 6.07) is 4.37. The maximum atomic E-state index is 6.04. The van der Waals surface area contributed by atoms with E-state index in [4.69, 9.17) is 11.6 Å². The van der Waals surface area contributed by atoms with Gasteiger partial charge in [-0.15, -0.1) is 0 Å². The lowest BCUT2D eigenvalue weighted by atomic mass is 10.1. The number of benzene rings is 1. The minimum Gasteiger partial charge on any atom is -0.0840 e. The average molecular weight is 181 g/mol. The monoisotopic (exact) mass is 180 g/mol. The molecule has 0 amide bonds. The fraction of sp³-hybridized carbons (Fsp3) is 0.455. The van der Waals surface area contributed by atoms with E-state index in [1.165, 1.54) is 29.5 Å². The summed E-state index contributed by atoms with van der Waals surface area (Å²) in [4.78, 5) is 0. The fourth-order valence-electron chi connectivity index (χ4n) is 1.99. The molecule has 0 saturated heterocycles. The molecule has 0 nitrogen and oxygen atoms in total. The summed E-state index contributed by atoms with van der Waals surface area (Å²) in [5, 5.41) is 0.919. The van der Waals surface area contributed by atoms with Crippen LogP contribution >= 0.6 is 11.6 Å². The van der Waals surface area contributed by atoms with Gasteiger partial charge >= 0.3 is 0 Å². The predicted octanol–water partition coefficient (Wildman–Crippen LogP) is 3.38. The number of halogens is 1. The standard InChI is InChI=1S/C11H13Cl/c1-7-3-9-5-8(2)11(12)6-10(9)4-7/h5-7H,3-4H2,1-2H3. The molecule has 0 saturated carbocycles. The van der Waals surface area contributed by atoms with E-state index < -0.39 is 0 Å². The first kappa shape index (κ1) is 8.12. The van der Waals surface area contributed by atoms with Crippen molar-refractivity contribution in [3.8, 4) is 0 Å². The number of hydrogen-bond donors (Lipinski definition) is 0.